The summed E-state index contributed by atoms with van der Waals surface area (Å²) in [7, 11) is 1.23. The van der Waals surface area contributed by atoms with Crippen LogP contribution in [0, 0.1) is 12.7 Å². The molecule has 31 heavy (non-hydrogen) atoms. The lowest BCUT2D eigenvalue weighted by Crippen LogP contribution is -2.50. The molecule has 166 valence electrons. The number of aliphatic hydroxyl groups is 2. The van der Waals surface area contributed by atoms with Crippen molar-refractivity contribution in [2.24, 2.45) is 0 Å². The van der Waals surface area contributed by atoms with Crippen LogP contribution in [-0.2, 0) is 15.8 Å². The molecule has 7 nitrogen and oxygen atoms in total. The molecular weight excluding hydrogens is 446 g/mol. The van der Waals surface area contributed by atoms with Crippen molar-refractivity contribution >= 4 is 34.9 Å². The number of hydrogen-bond donors (Lipinski definition) is 2. The number of likely N-dealkylation sites (N-methyl/N-ethyl adjacent to an activating group) is 1. The highest BCUT2D eigenvalue weighted by Gasteiger charge is 2.52. The van der Waals surface area contributed by atoms with Gasteiger partial charge in [-0.15, -0.1) is 0 Å². The molecule has 1 aliphatic heterocycles. The molecule has 0 aliphatic carbocycles. The second-order valence-corrected chi connectivity index (χ2v) is 7.34. The maximum Gasteiger partial charge on any atom is 0.416 e. The van der Waals surface area contributed by atoms with Crippen molar-refractivity contribution < 1.29 is 37.4 Å². The number of anilines is 2. The minimum atomic E-state index is -4.76. The zero-order valence-corrected chi connectivity index (χ0v) is 16.8. The Bertz CT molecular complexity index is 1050. The Morgan fingerprint density at radius 2 is 1.87 bits per heavy atom. The molecular formula is C19H16ClF4N3O4. The van der Waals surface area contributed by atoms with Crippen LogP contribution in [0.3, 0.4) is 0 Å². The maximum atomic E-state index is 13.4. The van der Waals surface area contributed by atoms with E-state index in [0.717, 1.165) is 23.1 Å². The predicted octanol–water partition coefficient (Wildman–Crippen LogP) is 2.30. The van der Waals surface area contributed by atoms with Gasteiger partial charge in [-0.2, -0.15) is 13.2 Å². The molecule has 2 heterocycles. The van der Waals surface area contributed by atoms with Crippen LogP contribution in [-0.4, -0.2) is 52.3 Å². The number of alkyl halides is 3. The molecule has 2 aromatic rings. The Morgan fingerprint density at radius 1 is 1.23 bits per heavy atom. The summed E-state index contributed by atoms with van der Waals surface area (Å²) in [5.74, 6) is -3.46. The fourth-order valence-electron chi connectivity index (χ4n) is 3.22. The van der Waals surface area contributed by atoms with Gasteiger partial charge in [0, 0.05) is 18.4 Å². The van der Waals surface area contributed by atoms with Crippen molar-refractivity contribution in [1.29, 1.82) is 0 Å². The maximum absolute atomic E-state index is 13.4. The Kier molecular flexibility index (Phi) is 5.96. The SMILES string of the molecule is Cc1cc(C(F)(F)F)cc(N2C(=O)C(O)C(O)C2C(=O)N(C)c2ccc(F)c(Cl)c2)n1. The molecule has 12 heteroatoms. The molecule has 2 N–H and O–H groups in total. The normalized spacial score (nSPS) is 21.5. The monoisotopic (exact) mass is 461 g/mol. The molecule has 0 bridgehead atoms. The van der Waals surface area contributed by atoms with Crippen LogP contribution in [0.1, 0.15) is 11.3 Å². The molecule has 0 spiro atoms. The second-order valence-electron chi connectivity index (χ2n) is 6.94. The van der Waals surface area contributed by atoms with Gasteiger partial charge >= 0.3 is 6.18 Å². The molecule has 0 radical (unpaired) electrons. The van der Waals surface area contributed by atoms with Crippen molar-refractivity contribution in [3.63, 3.8) is 0 Å². The third-order valence-electron chi connectivity index (χ3n) is 4.80. The predicted molar refractivity (Wildman–Crippen MR) is 102 cm³/mol. The van der Waals surface area contributed by atoms with E-state index in [1.54, 1.807) is 0 Å². The number of aryl methyl sites for hydroxylation is 1. The quantitative estimate of drug-likeness (QED) is 0.684. The number of pyridine rings is 1. The number of amides is 2. The first-order valence-corrected chi connectivity index (χ1v) is 9.18. The molecule has 1 aromatic heterocycles. The zero-order chi connectivity index (χ0) is 23.2. The highest BCUT2D eigenvalue weighted by molar-refractivity contribution is 6.31. The molecule has 2 amide bonds. The van der Waals surface area contributed by atoms with Crippen molar-refractivity contribution in [3.05, 3.63) is 52.4 Å². The Morgan fingerprint density at radius 3 is 2.45 bits per heavy atom. The first-order chi connectivity index (χ1) is 14.3. The molecule has 1 fully saturated rings. The van der Waals surface area contributed by atoms with Gasteiger partial charge < -0.3 is 15.1 Å². The molecule has 1 aliphatic rings. The van der Waals surface area contributed by atoms with E-state index in [1.807, 2.05) is 0 Å². The molecule has 1 saturated heterocycles. The number of nitrogens with zero attached hydrogens (tertiary/aromatic N) is 3. The van der Waals surface area contributed by atoms with Gasteiger partial charge in [0.05, 0.1) is 10.6 Å². The van der Waals surface area contributed by atoms with Crippen molar-refractivity contribution in [2.75, 3.05) is 16.8 Å². The second kappa shape index (κ2) is 8.06. The molecule has 3 unspecified atom stereocenters. The molecule has 3 rings (SSSR count). The van der Waals surface area contributed by atoms with Gasteiger partial charge in [0.15, 0.2) is 6.10 Å². The summed E-state index contributed by atoms with van der Waals surface area (Å²) >= 11 is 5.72. The van der Waals surface area contributed by atoms with Gasteiger partial charge in [-0.3, -0.25) is 14.5 Å². The first-order valence-electron chi connectivity index (χ1n) is 8.80. The highest BCUT2D eigenvalue weighted by Crippen LogP contribution is 2.35. The minimum absolute atomic E-state index is 0.0885. The summed E-state index contributed by atoms with van der Waals surface area (Å²) in [5.41, 5.74) is -1.13. The topological polar surface area (TPSA) is 94.0 Å². The lowest BCUT2D eigenvalue weighted by Gasteiger charge is -2.29. The number of aliphatic hydroxyl groups excluding tert-OH is 2. The van der Waals surface area contributed by atoms with E-state index in [-0.39, 0.29) is 16.4 Å². The Balaban J connectivity index is 2.05. The van der Waals surface area contributed by atoms with Gasteiger partial charge in [-0.1, -0.05) is 11.6 Å². The van der Waals surface area contributed by atoms with E-state index in [1.165, 1.54) is 20.0 Å². The van der Waals surface area contributed by atoms with Crippen LogP contribution in [0.4, 0.5) is 29.1 Å². The number of carbonyl (C=O) groups is 2. The van der Waals surface area contributed by atoms with E-state index in [2.05, 4.69) is 4.98 Å². The standard InChI is InChI=1S/C19H16ClF4N3O4/c1-8-5-9(19(22,23)24)6-13(25-8)27-14(15(28)16(29)18(27)31)17(30)26(2)10-3-4-12(21)11(20)7-10/h3-7,14-16,28-29H,1-2H3. The smallest absolute Gasteiger partial charge is 0.387 e. The number of hydrogen-bond acceptors (Lipinski definition) is 5. The van der Waals surface area contributed by atoms with Gasteiger partial charge in [-0.05, 0) is 37.3 Å². The van der Waals surface area contributed by atoms with Crippen LogP contribution in [0.5, 0.6) is 0 Å². The number of rotatable bonds is 3. The fourth-order valence-corrected chi connectivity index (χ4v) is 3.40. The van der Waals surface area contributed by atoms with Gasteiger partial charge in [0.1, 0.15) is 23.8 Å². The van der Waals surface area contributed by atoms with Gasteiger partial charge in [-0.25, -0.2) is 9.37 Å². The van der Waals surface area contributed by atoms with Crippen molar-refractivity contribution in [3.8, 4) is 0 Å². The van der Waals surface area contributed by atoms with Crippen molar-refractivity contribution in [1.82, 2.24) is 4.98 Å². The van der Waals surface area contributed by atoms with E-state index in [4.69, 9.17) is 11.6 Å². The van der Waals surface area contributed by atoms with E-state index in [0.29, 0.717) is 11.0 Å². The van der Waals surface area contributed by atoms with E-state index >= 15 is 0 Å². The lowest BCUT2D eigenvalue weighted by molar-refractivity contribution is -0.137. The van der Waals surface area contributed by atoms with Gasteiger partial charge in [0.2, 0.25) is 0 Å². The average molecular weight is 462 g/mol. The summed E-state index contributed by atoms with van der Waals surface area (Å²) in [6.45, 7) is 1.26. The largest absolute Gasteiger partial charge is 0.416 e. The zero-order valence-electron chi connectivity index (χ0n) is 16.1. The summed E-state index contributed by atoms with van der Waals surface area (Å²) in [5, 5.41) is 20.0. The number of aromatic nitrogens is 1. The first kappa shape index (κ1) is 22.9. The minimum Gasteiger partial charge on any atom is -0.387 e. The summed E-state index contributed by atoms with van der Waals surface area (Å²) < 4.78 is 53.1. The molecule has 1 aromatic carbocycles. The summed E-state index contributed by atoms with van der Waals surface area (Å²) in [6.07, 6.45) is -8.77. The van der Waals surface area contributed by atoms with Crippen LogP contribution >= 0.6 is 11.6 Å². The Hall–Kier alpha value is -2.76. The molecule has 0 saturated carbocycles. The van der Waals surface area contributed by atoms with E-state index < -0.39 is 53.4 Å². The summed E-state index contributed by atoms with van der Waals surface area (Å²) in [6, 6.07) is 2.82. The number of halogens is 5. The van der Waals surface area contributed by atoms with Crippen LogP contribution in [0.15, 0.2) is 30.3 Å². The summed E-state index contributed by atoms with van der Waals surface area (Å²) in [4.78, 5) is 30.9. The van der Waals surface area contributed by atoms with Gasteiger partial charge in [0.25, 0.3) is 11.8 Å². The number of benzene rings is 1. The highest BCUT2D eigenvalue weighted by atomic mass is 35.5. The lowest BCUT2D eigenvalue weighted by atomic mass is 10.1. The molecule has 3 atom stereocenters. The Labute approximate surface area is 178 Å². The van der Waals surface area contributed by atoms with Crippen molar-refractivity contribution in [2.45, 2.75) is 31.3 Å². The fraction of sp³-hybridized carbons (Fsp3) is 0.316. The van der Waals surface area contributed by atoms with Crippen LogP contribution in [0.25, 0.3) is 0 Å². The van der Waals surface area contributed by atoms with Crippen LogP contribution < -0.4 is 9.80 Å². The van der Waals surface area contributed by atoms with E-state index in [9.17, 15) is 37.4 Å². The average Bonchev–Trinajstić information content (AvgIpc) is 2.91. The van der Waals surface area contributed by atoms with Crippen LogP contribution in [0.2, 0.25) is 5.02 Å². The number of carbonyl (C=O) groups excluding carboxylic acids is 2. The third kappa shape index (κ3) is 4.21. The third-order valence-corrected chi connectivity index (χ3v) is 5.09.